The van der Waals surface area contributed by atoms with Crippen molar-refractivity contribution >= 4 is 14.7 Å². The summed E-state index contributed by atoms with van der Waals surface area (Å²) in [6.45, 7) is 0.147. The van der Waals surface area contributed by atoms with Crippen LogP contribution in [0.25, 0.3) is 0 Å². The third-order valence-electron chi connectivity index (χ3n) is 2.09. The van der Waals surface area contributed by atoms with E-state index in [1.807, 2.05) is 0 Å². The van der Waals surface area contributed by atoms with Gasteiger partial charge in [-0.2, -0.15) is 8.78 Å². The molecular weight excluding hydrogens is 240 g/mol. The summed E-state index contributed by atoms with van der Waals surface area (Å²) in [5.74, 6) is -1.26. The summed E-state index contributed by atoms with van der Waals surface area (Å²) in [6.07, 6.45) is -2.52. The Bertz CT molecular complexity index is 206. The maximum Gasteiger partial charge on any atom is 0.500 e. The molecule has 0 aromatic heterocycles. The molecule has 16 heavy (non-hydrogen) atoms. The van der Waals surface area contributed by atoms with Crippen LogP contribution in [0.15, 0.2) is 0 Å². The van der Waals surface area contributed by atoms with Crippen LogP contribution in [-0.4, -0.2) is 49.0 Å². The molecule has 8 heteroatoms. The highest BCUT2D eigenvalue weighted by Gasteiger charge is 2.36. The first-order chi connectivity index (χ1) is 7.51. The van der Waals surface area contributed by atoms with Crippen LogP contribution in [-0.2, 0) is 18.1 Å². The predicted molar refractivity (Wildman–Crippen MR) is 55.2 cm³/mol. The minimum absolute atomic E-state index is 0.147. The molecule has 0 aromatic rings. The third-order valence-corrected chi connectivity index (χ3v) is 4.92. The Morgan fingerprint density at radius 3 is 2.12 bits per heavy atom. The maximum absolute atomic E-state index is 11.8. The lowest BCUT2D eigenvalue weighted by atomic mass is 10.4. The first kappa shape index (κ1) is 15.4. The Hall–Kier alpha value is -0.573. The molecule has 0 bridgehead atoms. The van der Waals surface area contributed by atoms with Crippen LogP contribution >= 0.6 is 0 Å². The van der Waals surface area contributed by atoms with E-state index in [9.17, 15) is 13.6 Å². The largest absolute Gasteiger partial charge is 0.500 e. The summed E-state index contributed by atoms with van der Waals surface area (Å²) in [4.78, 5) is 10.5. The number of amides is 1. The summed E-state index contributed by atoms with van der Waals surface area (Å²) in [5, 5.41) is 2.09. The molecule has 96 valence electrons. The van der Waals surface area contributed by atoms with Crippen molar-refractivity contribution in [3.63, 3.8) is 0 Å². The van der Waals surface area contributed by atoms with Gasteiger partial charge in [0, 0.05) is 33.9 Å². The smallest absolute Gasteiger partial charge is 0.377 e. The zero-order chi connectivity index (χ0) is 12.6. The van der Waals surface area contributed by atoms with Crippen LogP contribution < -0.4 is 5.32 Å². The fourth-order valence-electron chi connectivity index (χ4n) is 1.15. The summed E-state index contributed by atoms with van der Waals surface area (Å²) >= 11 is 0. The van der Waals surface area contributed by atoms with E-state index in [0.29, 0.717) is 12.5 Å². The second-order valence-electron chi connectivity index (χ2n) is 2.99. The van der Waals surface area contributed by atoms with Gasteiger partial charge in [-0.25, -0.2) is 0 Å². The molecule has 0 heterocycles. The number of nitrogens with one attached hydrogen (secondary N) is 1. The molecule has 0 aromatic carbocycles. The first-order valence-corrected chi connectivity index (χ1v) is 6.66. The summed E-state index contributed by atoms with van der Waals surface area (Å²) in [5.41, 5.74) is 0. The van der Waals surface area contributed by atoms with Gasteiger partial charge in [0.05, 0.1) is 0 Å². The standard InChI is InChI=1S/C8H17F2NO4Si/c1-13-16(14-2,15-3)6-4-5-11-8(12)7(9)10/h7H,4-6H2,1-3H3,(H,11,12). The van der Waals surface area contributed by atoms with E-state index in [2.05, 4.69) is 5.32 Å². The zero-order valence-corrected chi connectivity index (χ0v) is 10.6. The minimum Gasteiger partial charge on any atom is -0.377 e. The van der Waals surface area contributed by atoms with Gasteiger partial charge in [-0.1, -0.05) is 0 Å². The number of carbonyl (C=O) groups is 1. The summed E-state index contributed by atoms with van der Waals surface area (Å²) in [7, 11) is 1.75. The number of carbonyl (C=O) groups excluding carboxylic acids is 1. The van der Waals surface area contributed by atoms with E-state index < -0.39 is 21.1 Å². The third kappa shape index (κ3) is 4.97. The molecule has 0 radical (unpaired) electrons. The molecule has 0 aliphatic rings. The van der Waals surface area contributed by atoms with Gasteiger partial charge in [0.1, 0.15) is 0 Å². The molecule has 1 amide bonds. The van der Waals surface area contributed by atoms with E-state index in [1.165, 1.54) is 21.3 Å². The zero-order valence-electron chi connectivity index (χ0n) is 9.59. The quantitative estimate of drug-likeness (QED) is 0.512. The van der Waals surface area contributed by atoms with E-state index >= 15 is 0 Å². The highest BCUT2D eigenvalue weighted by molar-refractivity contribution is 6.60. The molecule has 0 saturated carbocycles. The van der Waals surface area contributed by atoms with Crippen LogP contribution in [0.3, 0.4) is 0 Å². The SMILES string of the molecule is CO[Si](CCCNC(=O)C(F)F)(OC)OC. The fraction of sp³-hybridized carbons (Fsp3) is 0.875. The Morgan fingerprint density at radius 2 is 1.75 bits per heavy atom. The van der Waals surface area contributed by atoms with Crippen molar-refractivity contribution in [3.8, 4) is 0 Å². The molecule has 0 saturated heterocycles. The lowest BCUT2D eigenvalue weighted by Gasteiger charge is -2.24. The van der Waals surface area contributed by atoms with Crippen molar-refractivity contribution in [1.29, 1.82) is 0 Å². The molecule has 5 nitrogen and oxygen atoms in total. The Morgan fingerprint density at radius 1 is 1.25 bits per heavy atom. The number of halogens is 2. The van der Waals surface area contributed by atoms with Crippen LogP contribution in [0.5, 0.6) is 0 Å². The maximum atomic E-state index is 11.8. The van der Waals surface area contributed by atoms with Gasteiger partial charge in [-0.15, -0.1) is 0 Å². The van der Waals surface area contributed by atoms with Gasteiger partial charge in [0.2, 0.25) is 0 Å². The monoisotopic (exact) mass is 257 g/mol. The molecule has 0 fully saturated rings. The summed E-state index contributed by atoms with van der Waals surface area (Å²) in [6, 6.07) is 0.458. The van der Waals surface area contributed by atoms with Crippen molar-refractivity contribution < 1.29 is 26.9 Å². The van der Waals surface area contributed by atoms with Crippen molar-refractivity contribution in [2.45, 2.75) is 18.9 Å². The van der Waals surface area contributed by atoms with Crippen molar-refractivity contribution in [3.05, 3.63) is 0 Å². The predicted octanol–water partition coefficient (Wildman–Crippen LogP) is 0.636. The first-order valence-electron chi connectivity index (χ1n) is 4.72. The lowest BCUT2D eigenvalue weighted by molar-refractivity contribution is -0.131. The molecule has 0 atom stereocenters. The number of hydrogen-bond acceptors (Lipinski definition) is 4. The molecular formula is C8H17F2NO4Si. The topological polar surface area (TPSA) is 56.8 Å². The van der Waals surface area contributed by atoms with Crippen LogP contribution in [0, 0.1) is 0 Å². The van der Waals surface area contributed by atoms with Crippen molar-refractivity contribution in [2.24, 2.45) is 0 Å². The second kappa shape index (κ2) is 7.66. The Labute approximate surface area is 94.4 Å². The molecule has 0 aliphatic heterocycles. The summed E-state index contributed by atoms with van der Waals surface area (Å²) < 4.78 is 39.0. The number of hydrogen-bond donors (Lipinski definition) is 1. The Balaban J connectivity index is 3.83. The van der Waals surface area contributed by atoms with Crippen LogP contribution in [0.2, 0.25) is 6.04 Å². The molecule has 0 unspecified atom stereocenters. The average molecular weight is 257 g/mol. The lowest BCUT2D eigenvalue weighted by Crippen LogP contribution is -2.43. The number of rotatable bonds is 8. The normalized spacial score (nSPS) is 11.9. The minimum atomic E-state index is -2.98. The van der Waals surface area contributed by atoms with Gasteiger partial charge < -0.3 is 18.6 Å². The van der Waals surface area contributed by atoms with E-state index in [1.54, 1.807) is 0 Å². The highest BCUT2D eigenvalue weighted by atomic mass is 28.4. The molecule has 0 rings (SSSR count). The Kier molecular flexibility index (Phi) is 7.39. The van der Waals surface area contributed by atoms with Crippen molar-refractivity contribution in [1.82, 2.24) is 5.32 Å². The fourth-order valence-corrected chi connectivity index (χ4v) is 2.87. The second-order valence-corrected chi connectivity index (χ2v) is 6.08. The van der Waals surface area contributed by atoms with Crippen molar-refractivity contribution in [2.75, 3.05) is 27.9 Å². The van der Waals surface area contributed by atoms with Crippen LogP contribution in [0.1, 0.15) is 6.42 Å². The molecule has 0 aliphatic carbocycles. The van der Waals surface area contributed by atoms with E-state index in [4.69, 9.17) is 13.3 Å². The van der Waals surface area contributed by atoms with E-state index in [0.717, 1.165) is 0 Å². The van der Waals surface area contributed by atoms with Gasteiger partial charge in [0.15, 0.2) is 0 Å². The van der Waals surface area contributed by atoms with Gasteiger partial charge >= 0.3 is 15.2 Å². The molecule has 1 N–H and O–H groups in total. The van der Waals surface area contributed by atoms with Crippen LogP contribution in [0.4, 0.5) is 8.78 Å². The highest BCUT2D eigenvalue weighted by Crippen LogP contribution is 2.14. The average Bonchev–Trinajstić information content (AvgIpc) is 2.30. The van der Waals surface area contributed by atoms with E-state index in [-0.39, 0.29) is 6.54 Å². The number of alkyl halides is 2. The van der Waals surface area contributed by atoms with Gasteiger partial charge in [-0.05, 0) is 6.42 Å². The van der Waals surface area contributed by atoms with Gasteiger partial charge in [0.25, 0.3) is 5.91 Å². The molecule has 0 spiro atoms. The van der Waals surface area contributed by atoms with Gasteiger partial charge in [-0.3, -0.25) is 4.79 Å².